The molecular formula is C68H49BN2OS. The van der Waals surface area contributed by atoms with E-state index < -0.39 is 5.41 Å². The van der Waals surface area contributed by atoms with Crippen molar-refractivity contribution in [3.8, 4) is 33.4 Å². The number of fused-ring (bicyclic) bond motifs is 19. The normalized spacial score (nSPS) is 15.3. The molecule has 5 heterocycles. The number of para-hydroxylation sites is 3. The van der Waals surface area contributed by atoms with E-state index in [0.717, 1.165) is 41.5 Å². The maximum atomic E-state index is 7.14. The molecule has 0 bridgehead atoms. The van der Waals surface area contributed by atoms with Crippen LogP contribution in [0.3, 0.4) is 0 Å². The summed E-state index contributed by atoms with van der Waals surface area (Å²) in [5, 5.41) is 2.32. The molecule has 4 aliphatic heterocycles. The van der Waals surface area contributed by atoms with Crippen LogP contribution >= 0.6 is 11.8 Å². The molecule has 0 N–H and O–H groups in total. The number of unbranched alkanes of at least 4 members (excludes halogenated alkanes) is 1. The first kappa shape index (κ1) is 41.6. The van der Waals surface area contributed by atoms with E-state index in [1.807, 2.05) is 11.8 Å². The lowest BCUT2D eigenvalue weighted by atomic mass is 9.42. The highest BCUT2D eigenvalue weighted by Gasteiger charge is 2.57. The second kappa shape index (κ2) is 15.0. The van der Waals surface area contributed by atoms with E-state index in [0.29, 0.717) is 0 Å². The molecule has 0 amide bonds. The van der Waals surface area contributed by atoms with Crippen LogP contribution in [0.4, 0.5) is 28.4 Å². The van der Waals surface area contributed by atoms with Gasteiger partial charge in [0, 0.05) is 65.9 Å². The van der Waals surface area contributed by atoms with Gasteiger partial charge in [-0.2, -0.15) is 0 Å². The monoisotopic (exact) mass is 952 g/mol. The van der Waals surface area contributed by atoms with E-state index in [2.05, 4.69) is 237 Å². The highest BCUT2D eigenvalue weighted by atomic mass is 32.2. The molecule has 16 rings (SSSR count). The Morgan fingerprint density at radius 1 is 0.507 bits per heavy atom. The summed E-state index contributed by atoms with van der Waals surface area (Å²) in [6.45, 7) is 6.94. The first-order valence-electron chi connectivity index (χ1n) is 26.1. The third-order valence-corrected chi connectivity index (χ3v) is 18.4. The van der Waals surface area contributed by atoms with Crippen molar-refractivity contribution in [2.45, 2.75) is 60.7 Å². The van der Waals surface area contributed by atoms with Crippen LogP contribution in [0.15, 0.2) is 220 Å². The minimum Gasteiger partial charge on any atom is -0.456 e. The van der Waals surface area contributed by atoms with Gasteiger partial charge in [-0.1, -0.05) is 197 Å². The Hall–Kier alpha value is -7.99. The van der Waals surface area contributed by atoms with Gasteiger partial charge >= 0.3 is 6.85 Å². The van der Waals surface area contributed by atoms with Gasteiger partial charge in [0.25, 0.3) is 0 Å². The summed E-state index contributed by atoms with van der Waals surface area (Å²) in [7, 11) is 0. The van der Waals surface area contributed by atoms with Crippen LogP contribution in [0.25, 0.3) is 55.3 Å². The molecular weight excluding hydrogens is 904 g/mol. The number of hydrogen-bond acceptors (Lipinski definition) is 4. The molecule has 0 unspecified atom stereocenters. The van der Waals surface area contributed by atoms with Gasteiger partial charge in [0.2, 0.25) is 0 Å². The van der Waals surface area contributed by atoms with E-state index in [9.17, 15) is 0 Å². The highest BCUT2D eigenvalue weighted by Crippen LogP contribution is 2.66. The Kier molecular flexibility index (Phi) is 8.57. The van der Waals surface area contributed by atoms with Crippen LogP contribution in [-0.2, 0) is 17.3 Å². The smallest absolute Gasteiger partial charge is 0.333 e. The Morgan fingerprint density at radius 2 is 1.19 bits per heavy atom. The standard InChI is InChI=1S/C68H49BN2OS/c1-4-5-20-41-35-36-55(47(37-41)42-21-7-6-8-22-42)70-57-38-53-62(73-61-34-18-15-30-51(61)67(53,2)3)39-54(57)69-65-58(70)40-60-63(45-25-11-17-33-59(45)72-60)64(65)46-26-19-31-52-66(46)71(69)56-32-16-14-29-50(56)68(52)48-27-12-9-23-43(48)44-24-10-13-28-49(44)68/h6-19,21-40H,4-5,20H2,1-3H3. The van der Waals surface area contributed by atoms with Gasteiger partial charge in [0.1, 0.15) is 11.2 Å². The summed E-state index contributed by atoms with van der Waals surface area (Å²) in [5.74, 6) is 0. The first-order valence-corrected chi connectivity index (χ1v) is 26.9. The largest absolute Gasteiger partial charge is 0.456 e. The average molecular weight is 953 g/mol. The molecule has 0 fully saturated rings. The zero-order valence-corrected chi connectivity index (χ0v) is 41.9. The molecule has 5 aliphatic rings. The fraction of sp³-hybridized carbons (Fsp3) is 0.118. The Labute approximate surface area is 430 Å². The van der Waals surface area contributed by atoms with Crippen molar-refractivity contribution in [3.63, 3.8) is 0 Å². The minimum absolute atomic E-state index is 0.191. The molecule has 11 aromatic rings. The summed E-state index contributed by atoms with van der Waals surface area (Å²) in [5.41, 5.74) is 26.6. The van der Waals surface area contributed by atoms with Gasteiger partial charge in [0.15, 0.2) is 0 Å². The molecule has 0 radical (unpaired) electrons. The highest BCUT2D eigenvalue weighted by molar-refractivity contribution is 7.99. The quantitative estimate of drug-likeness (QED) is 0.160. The molecule has 0 saturated heterocycles. The Morgan fingerprint density at radius 3 is 2.00 bits per heavy atom. The molecule has 10 aromatic carbocycles. The summed E-state index contributed by atoms with van der Waals surface area (Å²) in [6, 6.07) is 78.6. The number of rotatable bonds is 5. The topological polar surface area (TPSA) is 19.6 Å². The maximum absolute atomic E-state index is 7.14. The van der Waals surface area contributed by atoms with Crippen molar-refractivity contribution in [1.82, 2.24) is 0 Å². The van der Waals surface area contributed by atoms with Crippen LogP contribution < -0.4 is 20.6 Å². The second-order valence-electron chi connectivity index (χ2n) is 21.3. The first-order chi connectivity index (χ1) is 35.9. The fourth-order valence-electron chi connectivity index (χ4n) is 14.2. The average Bonchev–Trinajstić information content (AvgIpc) is 3.97. The van der Waals surface area contributed by atoms with Crippen molar-refractivity contribution in [2.75, 3.05) is 9.71 Å². The molecule has 1 aliphatic carbocycles. The van der Waals surface area contributed by atoms with Gasteiger partial charge in [-0.05, 0) is 127 Å². The van der Waals surface area contributed by atoms with E-state index in [-0.39, 0.29) is 12.3 Å². The molecule has 0 atom stereocenters. The molecule has 0 saturated carbocycles. The van der Waals surface area contributed by atoms with Gasteiger partial charge < -0.3 is 14.1 Å². The molecule has 346 valence electrons. The fourth-order valence-corrected chi connectivity index (χ4v) is 15.6. The van der Waals surface area contributed by atoms with Crippen LogP contribution in [0, 0.1) is 0 Å². The van der Waals surface area contributed by atoms with E-state index >= 15 is 0 Å². The van der Waals surface area contributed by atoms with Crippen LogP contribution in [0.5, 0.6) is 0 Å². The summed E-state index contributed by atoms with van der Waals surface area (Å²) >= 11 is 1.93. The maximum Gasteiger partial charge on any atom is 0.333 e. The number of aryl methyl sites for hydroxylation is 1. The second-order valence-corrected chi connectivity index (χ2v) is 22.4. The summed E-state index contributed by atoms with van der Waals surface area (Å²) in [6.07, 6.45) is 3.34. The third-order valence-electron chi connectivity index (χ3n) is 17.3. The lowest BCUT2D eigenvalue weighted by molar-refractivity contribution is 0.608. The van der Waals surface area contributed by atoms with Crippen LogP contribution in [0.2, 0.25) is 0 Å². The molecule has 5 heteroatoms. The van der Waals surface area contributed by atoms with Gasteiger partial charge in [-0.15, -0.1) is 0 Å². The van der Waals surface area contributed by atoms with Gasteiger partial charge in [0.05, 0.1) is 11.1 Å². The van der Waals surface area contributed by atoms with E-state index in [1.165, 1.54) is 121 Å². The zero-order valence-electron chi connectivity index (χ0n) is 41.0. The molecule has 1 aromatic heterocycles. The Bertz CT molecular complexity index is 4140. The van der Waals surface area contributed by atoms with E-state index in [1.54, 1.807) is 0 Å². The van der Waals surface area contributed by atoms with Crippen molar-refractivity contribution >= 4 is 79.9 Å². The third kappa shape index (κ3) is 5.38. The number of benzene rings is 10. The number of nitrogens with zero attached hydrogens (tertiary/aromatic N) is 2. The predicted molar refractivity (Wildman–Crippen MR) is 305 cm³/mol. The summed E-state index contributed by atoms with van der Waals surface area (Å²) < 4.78 is 7.14. The zero-order chi connectivity index (χ0) is 48.3. The SMILES string of the molecule is CCCCc1ccc(N2c3cc4c(cc3B3c5c2cc2oc6ccccc6c2c5-c2cccc5c2N3c2ccccc2C52c3ccccc3-c3ccccc32)Sc2ccccc2C4(C)C)c(-c2ccccc2)c1. The predicted octanol–water partition coefficient (Wildman–Crippen LogP) is 16.8. The van der Waals surface area contributed by atoms with Gasteiger partial charge in [-0.3, -0.25) is 0 Å². The van der Waals surface area contributed by atoms with E-state index in [4.69, 9.17) is 4.42 Å². The van der Waals surface area contributed by atoms with Crippen molar-refractivity contribution < 1.29 is 4.42 Å². The van der Waals surface area contributed by atoms with Crippen LogP contribution in [0.1, 0.15) is 72.6 Å². The number of hydrogen-bond donors (Lipinski definition) is 0. The molecule has 1 spiro atoms. The van der Waals surface area contributed by atoms with Crippen molar-refractivity contribution in [2.24, 2.45) is 0 Å². The van der Waals surface area contributed by atoms with Gasteiger partial charge in [-0.25, -0.2) is 0 Å². The Balaban J connectivity index is 1.09. The number of anilines is 5. The summed E-state index contributed by atoms with van der Waals surface area (Å²) in [4.78, 5) is 8.06. The molecule has 3 nitrogen and oxygen atoms in total. The lowest BCUT2D eigenvalue weighted by Gasteiger charge is -2.52. The van der Waals surface area contributed by atoms with Crippen molar-refractivity contribution in [1.29, 1.82) is 0 Å². The van der Waals surface area contributed by atoms with Crippen LogP contribution in [-0.4, -0.2) is 6.85 Å². The molecule has 73 heavy (non-hydrogen) atoms. The lowest BCUT2D eigenvalue weighted by Crippen LogP contribution is -2.63. The number of furan rings is 1. The van der Waals surface area contributed by atoms with Crippen molar-refractivity contribution in [3.05, 3.63) is 245 Å². The minimum atomic E-state index is -0.550.